The van der Waals surface area contributed by atoms with E-state index in [1.54, 1.807) is 24.3 Å². The van der Waals surface area contributed by atoms with Crippen LogP contribution in [0.1, 0.15) is 18.1 Å². The average Bonchev–Trinajstić information content (AvgIpc) is 2.65. The van der Waals surface area contributed by atoms with E-state index in [-0.39, 0.29) is 11.5 Å². The van der Waals surface area contributed by atoms with Gasteiger partial charge in [-0.25, -0.2) is 0 Å². The van der Waals surface area contributed by atoms with E-state index in [1.165, 1.54) is 26.2 Å². The predicted molar refractivity (Wildman–Crippen MR) is 94.3 cm³/mol. The van der Waals surface area contributed by atoms with Crippen molar-refractivity contribution in [1.82, 2.24) is 0 Å². The van der Waals surface area contributed by atoms with E-state index in [2.05, 4.69) is 10.5 Å². The zero-order valence-electron chi connectivity index (χ0n) is 14.6. The minimum absolute atomic E-state index is 0.0391. The number of para-hydroxylation sites is 2. The lowest BCUT2D eigenvalue weighted by molar-refractivity contribution is -0.137. The first-order chi connectivity index (χ1) is 12.7. The molecule has 0 aromatic heterocycles. The van der Waals surface area contributed by atoms with Crippen LogP contribution in [0.25, 0.3) is 0 Å². The molecule has 0 bridgehead atoms. The van der Waals surface area contributed by atoms with Gasteiger partial charge in [0.2, 0.25) is 6.10 Å². The Morgan fingerprint density at radius 2 is 1.78 bits per heavy atom. The summed E-state index contributed by atoms with van der Waals surface area (Å²) in [6.07, 6.45) is -5.78. The van der Waals surface area contributed by atoms with Gasteiger partial charge in [0, 0.05) is 0 Å². The van der Waals surface area contributed by atoms with Crippen molar-refractivity contribution in [2.75, 3.05) is 12.4 Å². The lowest BCUT2D eigenvalue weighted by Crippen LogP contribution is -2.28. The van der Waals surface area contributed by atoms with E-state index < -0.39 is 23.8 Å². The number of halogens is 3. The Balaban J connectivity index is 2.09. The van der Waals surface area contributed by atoms with Gasteiger partial charge in [-0.1, -0.05) is 29.4 Å². The highest BCUT2D eigenvalue weighted by molar-refractivity contribution is 6.00. The van der Waals surface area contributed by atoms with E-state index in [9.17, 15) is 18.0 Å². The number of methoxy groups -OCH3 is 1. The highest BCUT2D eigenvalue weighted by Crippen LogP contribution is 2.34. The van der Waals surface area contributed by atoms with E-state index in [0.29, 0.717) is 11.3 Å². The van der Waals surface area contributed by atoms with Gasteiger partial charge in [0.1, 0.15) is 5.75 Å². The standard InChI is InChI=1S/C18H18F3N3O3/c1-11(27-24-16(22)12-7-3-6-10-15(12)26-2)17(25)23-14-9-5-4-8-13(14)18(19,20)21/h3-11H,1-2H3,(H2,22,24)(H,23,25). The molecule has 0 radical (unpaired) electrons. The minimum Gasteiger partial charge on any atom is -0.496 e. The van der Waals surface area contributed by atoms with Gasteiger partial charge in [0.25, 0.3) is 5.91 Å². The highest BCUT2D eigenvalue weighted by Gasteiger charge is 2.34. The van der Waals surface area contributed by atoms with Crippen LogP contribution >= 0.6 is 0 Å². The van der Waals surface area contributed by atoms with Gasteiger partial charge in [0.05, 0.1) is 23.9 Å². The van der Waals surface area contributed by atoms with Crippen molar-refractivity contribution >= 4 is 17.4 Å². The van der Waals surface area contributed by atoms with Crippen molar-refractivity contribution in [2.24, 2.45) is 10.9 Å². The maximum absolute atomic E-state index is 13.0. The molecular formula is C18H18F3N3O3. The molecule has 2 aromatic rings. The Bertz CT molecular complexity index is 838. The molecule has 0 spiro atoms. The summed E-state index contributed by atoms with van der Waals surface area (Å²) in [5.41, 5.74) is 4.95. The number of rotatable bonds is 6. The summed E-state index contributed by atoms with van der Waals surface area (Å²) in [6.45, 7) is 1.34. The van der Waals surface area contributed by atoms with Crippen LogP contribution in [0.4, 0.5) is 18.9 Å². The summed E-state index contributed by atoms with van der Waals surface area (Å²) in [5.74, 6) is -0.385. The second-order valence-corrected chi connectivity index (χ2v) is 5.46. The maximum Gasteiger partial charge on any atom is 0.418 e. The Morgan fingerprint density at radius 1 is 1.15 bits per heavy atom. The number of nitrogens with zero attached hydrogens (tertiary/aromatic N) is 1. The van der Waals surface area contributed by atoms with E-state index in [1.807, 2.05) is 0 Å². The van der Waals surface area contributed by atoms with Crippen molar-refractivity contribution in [2.45, 2.75) is 19.2 Å². The number of amides is 1. The second-order valence-electron chi connectivity index (χ2n) is 5.46. The summed E-state index contributed by atoms with van der Waals surface area (Å²) in [4.78, 5) is 17.2. The number of nitrogens with one attached hydrogen (secondary N) is 1. The van der Waals surface area contributed by atoms with Gasteiger partial charge >= 0.3 is 6.18 Å². The zero-order chi connectivity index (χ0) is 20.0. The molecule has 2 aromatic carbocycles. The molecule has 1 unspecified atom stereocenters. The van der Waals surface area contributed by atoms with Crippen molar-refractivity contribution in [3.63, 3.8) is 0 Å². The van der Waals surface area contributed by atoms with Gasteiger partial charge in [-0.05, 0) is 31.2 Å². The molecule has 2 rings (SSSR count). The molecule has 0 saturated carbocycles. The largest absolute Gasteiger partial charge is 0.496 e. The number of ether oxygens (including phenoxy) is 1. The summed E-state index contributed by atoms with van der Waals surface area (Å²) in [5, 5.41) is 5.85. The number of anilines is 1. The van der Waals surface area contributed by atoms with E-state index in [4.69, 9.17) is 15.3 Å². The molecule has 6 nitrogen and oxygen atoms in total. The van der Waals surface area contributed by atoms with Crippen molar-refractivity contribution in [1.29, 1.82) is 0 Å². The lowest BCUT2D eigenvalue weighted by atomic mass is 10.1. The molecule has 27 heavy (non-hydrogen) atoms. The van der Waals surface area contributed by atoms with E-state index in [0.717, 1.165) is 12.1 Å². The normalized spacial score (nSPS) is 13.0. The van der Waals surface area contributed by atoms with Crippen LogP contribution in [0, 0.1) is 0 Å². The molecule has 0 fully saturated rings. The number of amidine groups is 1. The Kier molecular flexibility index (Phi) is 6.27. The summed E-state index contributed by atoms with van der Waals surface area (Å²) >= 11 is 0. The van der Waals surface area contributed by atoms with Gasteiger partial charge in [-0.3, -0.25) is 4.79 Å². The fourth-order valence-corrected chi connectivity index (χ4v) is 2.16. The van der Waals surface area contributed by atoms with Gasteiger partial charge in [-0.2, -0.15) is 13.2 Å². The lowest BCUT2D eigenvalue weighted by Gasteiger charge is -2.15. The number of nitrogens with two attached hydrogens (primary N) is 1. The monoisotopic (exact) mass is 381 g/mol. The van der Waals surface area contributed by atoms with Crippen molar-refractivity contribution in [3.8, 4) is 5.75 Å². The molecule has 1 amide bonds. The second kappa shape index (κ2) is 8.43. The van der Waals surface area contributed by atoms with Crippen LogP contribution in [0.5, 0.6) is 5.75 Å². The van der Waals surface area contributed by atoms with Gasteiger partial charge in [0.15, 0.2) is 5.84 Å². The number of carbonyl (C=O) groups is 1. The summed E-state index contributed by atoms with van der Waals surface area (Å²) in [7, 11) is 1.46. The molecule has 9 heteroatoms. The number of carbonyl (C=O) groups excluding carboxylic acids is 1. The fraction of sp³-hybridized carbons (Fsp3) is 0.222. The van der Waals surface area contributed by atoms with Gasteiger partial charge < -0.3 is 20.6 Å². The van der Waals surface area contributed by atoms with Crippen molar-refractivity contribution in [3.05, 3.63) is 59.7 Å². The molecule has 0 aliphatic heterocycles. The molecule has 144 valence electrons. The Morgan fingerprint density at radius 3 is 2.44 bits per heavy atom. The molecule has 0 aliphatic carbocycles. The maximum atomic E-state index is 13.0. The zero-order valence-corrected chi connectivity index (χ0v) is 14.6. The van der Waals surface area contributed by atoms with Crippen LogP contribution < -0.4 is 15.8 Å². The molecule has 0 saturated heterocycles. The molecule has 1 atom stereocenters. The average molecular weight is 381 g/mol. The molecule has 0 aliphatic rings. The fourth-order valence-electron chi connectivity index (χ4n) is 2.16. The molecular weight excluding hydrogens is 363 g/mol. The first-order valence-corrected chi connectivity index (χ1v) is 7.83. The third kappa shape index (κ3) is 5.13. The topological polar surface area (TPSA) is 85.9 Å². The predicted octanol–water partition coefficient (Wildman–Crippen LogP) is 3.38. The van der Waals surface area contributed by atoms with Crippen LogP contribution in [-0.4, -0.2) is 25.0 Å². The number of hydrogen-bond donors (Lipinski definition) is 2. The number of benzene rings is 2. The quantitative estimate of drug-likeness (QED) is 0.456. The Labute approximate surface area is 153 Å². The first kappa shape index (κ1) is 20.1. The number of hydrogen-bond acceptors (Lipinski definition) is 4. The van der Waals surface area contributed by atoms with E-state index >= 15 is 0 Å². The summed E-state index contributed by atoms with van der Waals surface area (Å²) in [6, 6.07) is 11.4. The SMILES string of the molecule is COc1ccccc1/C(N)=N/OC(C)C(=O)Nc1ccccc1C(F)(F)F. The van der Waals surface area contributed by atoms with Crippen molar-refractivity contribution < 1.29 is 27.5 Å². The highest BCUT2D eigenvalue weighted by atomic mass is 19.4. The van der Waals surface area contributed by atoms with Crippen LogP contribution in [-0.2, 0) is 15.8 Å². The molecule has 0 heterocycles. The van der Waals surface area contributed by atoms with Crippen LogP contribution in [0.15, 0.2) is 53.7 Å². The molecule has 3 N–H and O–H groups in total. The van der Waals surface area contributed by atoms with Crippen LogP contribution in [0.2, 0.25) is 0 Å². The Hall–Kier alpha value is -3.23. The smallest absolute Gasteiger partial charge is 0.418 e. The van der Waals surface area contributed by atoms with Gasteiger partial charge in [-0.15, -0.1) is 0 Å². The third-order valence-electron chi connectivity index (χ3n) is 3.55. The summed E-state index contributed by atoms with van der Waals surface area (Å²) < 4.78 is 44.1. The minimum atomic E-state index is -4.60. The number of alkyl halides is 3. The third-order valence-corrected chi connectivity index (χ3v) is 3.55. The van der Waals surface area contributed by atoms with Crippen LogP contribution in [0.3, 0.4) is 0 Å². The number of oxime groups is 1. The first-order valence-electron chi connectivity index (χ1n) is 7.83.